The van der Waals surface area contributed by atoms with Crippen LogP contribution in [-0.2, 0) is 16.0 Å². The molecule has 2 fully saturated rings. The number of piperidine rings is 2. The van der Waals surface area contributed by atoms with Gasteiger partial charge < -0.3 is 19.7 Å². The Labute approximate surface area is 183 Å². The van der Waals surface area contributed by atoms with Gasteiger partial charge in [0.1, 0.15) is 11.9 Å². The summed E-state index contributed by atoms with van der Waals surface area (Å²) in [6.07, 6.45) is 5.87. The van der Waals surface area contributed by atoms with E-state index in [9.17, 15) is 15.0 Å². The molecule has 2 heterocycles. The molecule has 2 aliphatic heterocycles. The fourth-order valence-corrected chi connectivity index (χ4v) is 4.96. The maximum atomic E-state index is 12.6. The van der Waals surface area contributed by atoms with E-state index in [0.717, 1.165) is 36.9 Å². The lowest BCUT2D eigenvalue weighted by Gasteiger charge is -2.47. The lowest BCUT2D eigenvalue weighted by Crippen LogP contribution is -2.49. The van der Waals surface area contributed by atoms with Crippen LogP contribution >= 0.6 is 0 Å². The van der Waals surface area contributed by atoms with E-state index in [1.807, 2.05) is 18.2 Å². The third-order valence-electron chi connectivity index (χ3n) is 6.53. The van der Waals surface area contributed by atoms with Crippen LogP contribution in [0.3, 0.4) is 0 Å². The number of phenols is 2. The SMILES string of the molecule is COc1ccc([C@@H]2C[C@@H](OC(=O)CCc3ccc(O)cc3)C[C@@H]3CCCCN32)cc1O. The van der Waals surface area contributed by atoms with Crippen LogP contribution in [0.4, 0.5) is 0 Å². The Hall–Kier alpha value is -2.73. The van der Waals surface area contributed by atoms with E-state index in [0.29, 0.717) is 24.6 Å². The number of esters is 1. The zero-order valence-electron chi connectivity index (χ0n) is 18.0. The second-order valence-electron chi connectivity index (χ2n) is 8.58. The lowest BCUT2D eigenvalue weighted by atomic mass is 9.84. The zero-order valence-corrected chi connectivity index (χ0v) is 18.0. The normalized spacial score (nSPS) is 23.7. The van der Waals surface area contributed by atoms with Gasteiger partial charge in [-0.2, -0.15) is 0 Å². The summed E-state index contributed by atoms with van der Waals surface area (Å²) in [5.74, 6) is 0.647. The van der Waals surface area contributed by atoms with Gasteiger partial charge in [0.05, 0.1) is 7.11 Å². The molecule has 0 aromatic heterocycles. The van der Waals surface area contributed by atoms with Crippen molar-refractivity contribution >= 4 is 5.97 Å². The van der Waals surface area contributed by atoms with Crippen LogP contribution in [0.5, 0.6) is 17.2 Å². The third kappa shape index (κ3) is 5.13. The molecule has 0 aliphatic carbocycles. The summed E-state index contributed by atoms with van der Waals surface area (Å²) in [5.41, 5.74) is 2.04. The molecule has 4 rings (SSSR count). The van der Waals surface area contributed by atoms with Crippen LogP contribution in [0.25, 0.3) is 0 Å². The van der Waals surface area contributed by atoms with Crippen molar-refractivity contribution in [1.82, 2.24) is 4.90 Å². The topological polar surface area (TPSA) is 79.2 Å². The fourth-order valence-electron chi connectivity index (χ4n) is 4.96. The Kier molecular flexibility index (Phi) is 6.66. The molecule has 0 amide bonds. The van der Waals surface area contributed by atoms with Crippen molar-refractivity contribution in [3.8, 4) is 17.2 Å². The Morgan fingerprint density at radius 1 is 1.10 bits per heavy atom. The largest absolute Gasteiger partial charge is 0.508 e. The Bertz CT molecular complexity index is 897. The number of methoxy groups -OCH3 is 1. The van der Waals surface area contributed by atoms with Crippen LogP contribution in [-0.4, -0.2) is 46.9 Å². The van der Waals surface area contributed by atoms with E-state index in [4.69, 9.17) is 9.47 Å². The molecule has 2 aromatic rings. The van der Waals surface area contributed by atoms with Crippen molar-refractivity contribution in [3.05, 3.63) is 53.6 Å². The summed E-state index contributed by atoms with van der Waals surface area (Å²) in [5, 5.41) is 19.7. The highest BCUT2D eigenvalue weighted by Crippen LogP contribution is 2.41. The number of aryl methyl sites for hydroxylation is 1. The molecule has 0 saturated carbocycles. The first-order valence-corrected chi connectivity index (χ1v) is 11.1. The molecule has 166 valence electrons. The van der Waals surface area contributed by atoms with Crippen molar-refractivity contribution in [1.29, 1.82) is 0 Å². The van der Waals surface area contributed by atoms with Crippen LogP contribution < -0.4 is 4.74 Å². The van der Waals surface area contributed by atoms with Gasteiger partial charge in [-0.15, -0.1) is 0 Å². The predicted molar refractivity (Wildman–Crippen MR) is 117 cm³/mol. The van der Waals surface area contributed by atoms with Gasteiger partial charge in [-0.05, 0) is 61.2 Å². The summed E-state index contributed by atoms with van der Waals surface area (Å²) < 4.78 is 11.1. The van der Waals surface area contributed by atoms with E-state index >= 15 is 0 Å². The first-order valence-electron chi connectivity index (χ1n) is 11.1. The van der Waals surface area contributed by atoms with Crippen molar-refractivity contribution < 1.29 is 24.5 Å². The highest BCUT2D eigenvalue weighted by molar-refractivity contribution is 5.70. The van der Waals surface area contributed by atoms with Crippen molar-refractivity contribution in [2.75, 3.05) is 13.7 Å². The average molecular weight is 426 g/mol. The first kappa shape index (κ1) is 21.5. The van der Waals surface area contributed by atoms with E-state index in [1.54, 1.807) is 31.4 Å². The molecule has 2 N–H and O–H groups in total. The van der Waals surface area contributed by atoms with Gasteiger partial charge in [-0.3, -0.25) is 9.69 Å². The van der Waals surface area contributed by atoms with Gasteiger partial charge in [0.25, 0.3) is 0 Å². The molecule has 0 spiro atoms. The van der Waals surface area contributed by atoms with Crippen molar-refractivity contribution in [2.24, 2.45) is 0 Å². The first-order chi connectivity index (χ1) is 15.0. The number of benzene rings is 2. The summed E-state index contributed by atoms with van der Waals surface area (Å²) in [6.45, 7) is 1.03. The van der Waals surface area contributed by atoms with Crippen LogP contribution in [0, 0.1) is 0 Å². The van der Waals surface area contributed by atoms with Gasteiger partial charge in [-0.25, -0.2) is 0 Å². The molecule has 2 aliphatic rings. The monoisotopic (exact) mass is 425 g/mol. The number of carbonyl (C=O) groups excluding carboxylic acids is 1. The summed E-state index contributed by atoms with van der Waals surface area (Å²) in [6, 6.07) is 13.0. The Morgan fingerprint density at radius 2 is 1.90 bits per heavy atom. The standard InChI is InChI=1S/C25H31NO5/c1-30-24-11-8-18(14-23(24)28)22-16-21(15-19-4-2-3-13-26(19)22)31-25(29)12-7-17-5-9-20(27)10-6-17/h5-6,8-11,14,19,21-22,27-28H,2-4,7,12-13,15-16H2,1H3/t19-,21-,22-/m0/s1. The number of nitrogens with zero attached hydrogens (tertiary/aromatic N) is 1. The second-order valence-corrected chi connectivity index (χ2v) is 8.58. The van der Waals surface area contributed by atoms with E-state index in [2.05, 4.69) is 4.90 Å². The Morgan fingerprint density at radius 3 is 2.65 bits per heavy atom. The molecule has 2 aromatic carbocycles. The maximum Gasteiger partial charge on any atom is 0.306 e. The number of ether oxygens (including phenoxy) is 2. The van der Waals surface area contributed by atoms with E-state index < -0.39 is 0 Å². The minimum atomic E-state index is -0.182. The van der Waals surface area contributed by atoms with Gasteiger partial charge >= 0.3 is 5.97 Å². The smallest absolute Gasteiger partial charge is 0.306 e. The Balaban J connectivity index is 1.42. The van der Waals surface area contributed by atoms with E-state index in [1.165, 1.54) is 12.8 Å². The average Bonchev–Trinajstić information content (AvgIpc) is 2.78. The summed E-state index contributed by atoms with van der Waals surface area (Å²) in [7, 11) is 1.55. The minimum Gasteiger partial charge on any atom is -0.508 e. The van der Waals surface area contributed by atoms with Gasteiger partial charge in [0.15, 0.2) is 11.5 Å². The second kappa shape index (κ2) is 9.60. The third-order valence-corrected chi connectivity index (χ3v) is 6.53. The van der Waals surface area contributed by atoms with Crippen molar-refractivity contribution in [2.45, 2.75) is 63.1 Å². The van der Waals surface area contributed by atoms with Crippen molar-refractivity contribution in [3.63, 3.8) is 0 Å². The molecule has 6 heteroatoms. The number of phenolic OH excluding ortho intramolecular Hbond substituents is 2. The molecule has 3 atom stereocenters. The minimum absolute atomic E-state index is 0.116. The lowest BCUT2D eigenvalue weighted by molar-refractivity contribution is -0.154. The predicted octanol–water partition coefficient (Wildman–Crippen LogP) is 4.34. The fraction of sp³-hybridized carbons (Fsp3) is 0.480. The maximum absolute atomic E-state index is 12.6. The number of rotatable bonds is 6. The zero-order chi connectivity index (χ0) is 21.8. The molecule has 0 bridgehead atoms. The molecule has 0 unspecified atom stereocenters. The van der Waals surface area contributed by atoms with E-state index in [-0.39, 0.29) is 29.6 Å². The van der Waals surface area contributed by atoms with Gasteiger partial charge in [0.2, 0.25) is 0 Å². The summed E-state index contributed by atoms with van der Waals surface area (Å²) in [4.78, 5) is 15.1. The number of hydrogen-bond donors (Lipinski definition) is 2. The van der Waals surface area contributed by atoms with Crippen LogP contribution in [0.2, 0.25) is 0 Å². The number of carbonyl (C=O) groups is 1. The van der Waals surface area contributed by atoms with Gasteiger partial charge in [0, 0.05) is 31.3 Å². The number of fused-ring (bicyclic) bond motifs is 1. The summed E-state index contributed by atoms with van der Waals surface area (Å²) >= 11 is 0. The number of hydrogen-bond acceptors (Lipinski definition) is 6. The molecular weight excluding hydrogens is 394 g/mol. The molecule has 0 radical (unpaired) electrons. The highest BCUT2D eigenvalue weighted by atomic mass is 16.5. The molecule has 6 nitrogen and oxygen atoms in total. The molecular formula is C25H31NO5. The highest BCUT2D eigenvalue weighted by Gasteiger charge is 2.39. The van der Waals surface area contributed by atoms with Crippen LogP contribution in [0.1, 0.15) is 55.7 Å². The van der Waals surface area contributed by atoms with Crippen LogP contribution in [0.15, 0.2) is 42.5 Å². The quantitative estimate of drug-likeness (QED) is 0.671. The number of aromatic hydroxyl groups is 2. The molecule has 2 saturated heterocycles. The van der Waals surface area contributed by atoms with Gasteiger partial charge in [-0.1, -0.05) is 24.6 Å². The molecule has 31 heavy (non-hydrogen) atoms.